The van der Waals surface area contributed by atoms with E-state index in [9.17, 15) is 9.59 Å². The van der Waals surface area contributed by atoms with Crippen molar-refractivity contribution in [2.45, 2.75) is 44.9 Å². The van der Waals surface area contributed by atoms with Gasteiger partial charge in [0.1, 0.15) is 11.9 Å². The Morgan fingerprint density at radius 1 is 0.895 bits per heavy atom. The number of carbonyl (C=O) groups is 2. The normalized spacial score (nSPS) is 12.6. The summed E-state index contributed by atoms with van der Waals surface area (Å²) in [5, 5.41) is 17.7. The third-order valence-electron chi connectivity index (χ3n) is 6.58. The molecule has 0 aliphatic heterocycles. The summed E-state index contributed by atoms with van der Waals surface area (Å²) in [7, 11) is 0. The number of H-pyrrole nitrogens is 1. The average molecular weight is 511 g/mol. The molecule has 0 saturated heterocycles. The lowest BCUT2D eigenvalue weighted by Crippen LogP contribution is -2.51. The number of hydrogen-bond acceptors (Lipinski definition) is 4. The molecule has 0 aliphatic carbocycles. The maximum absolute atomic E-state index is 13.3. The van der Waals surface area contributed by atoms with Gasteiger partial charge in [0.05, 0.1) is 6.04 Å². The largest absolute Gasteiger partial charge is 0.384 e. The maximum atomic E-state index is 13.3. The number of benzene rings is 3. The predicted molar refractivity (Wildman–Crippen MR) is 151 cm³/mol. The average Bonchev–Trinajstić information content (AvgIpc) is 3.35. The van der Waals surface area contributed by atoms with Gasteiger partial charge in [0, 0.05) is 35.8 Å². The summed E-state index contributed by atoms with van der Waals surface area (Å²) in [6.45, 7) is 2.52. The Balaban J connectivity index is 1.36. The number of amides is 2. The molecular weight excluding hydrogens is 476 g/mol. The minimum atomic E-state index is -0.701. The summed E-state index contributed by atoms with van der Waals surface area (Å²) in [6, 6.07) is 24.1. The fourth-order valence-corrected chi connectivity index (χ4v) is 4.32. The highest BCUT2D eigenvalue weighted by Gasteiger charge is 2.23. The number of carbonyl (C=O) groups excluding carboxylic acids is 2. The highest BCUT2D eigenvalue weighted by atomic mass is 16.2. The predicted octanol–water partition coefficient (Wildman–Crippen LogP) is 3.36. The van der Waals surface area contributed by atoms with Crippen molar-refractivity contribution in [2.24, 2.45) is 5.73 Å². The van der Waals surface area contributed by atoms with Crippen LogP contribution in [-0.2, 0) is 29.1 Å². The van der Waals surface area contributed by atoms with Crippen LogP contribution in [0.15, 0.2) is 85.1 Å². The quantitative estimate of drug-likeness (QED) is 0.129. The summed E-state index contributed by atoms with van der Waals surface area (Å²) in [5.41, 5.74) is 10.3. The number of amidine groups is 1. The molecule has 8 heteroatoms. The lowest BCUT2D eigenvalue weighted by molar-refractivity contribution is -0.129. The summed E-state index contributed by atoms with van der Waals surface area (Å²) in [5.74, 6) is -0.487. The molecule has 0 bridgehead atoms. The van der Waals surface area contributed by atoms with E-state index in [1.165, 1.54) is 0 Å². The van der Waals surface area contributed by atoms with Gasteiger partial charge < -0.3 is 26.7 Å². The Morgan fingerprint density at radius 3 is 2.34 bits per heavy atom. The molecule has 0 radical (unpaired) electrons. The molecule has 3 aromatic carbocycles. The molecule has 0 fully saturated rings. The second-order valence-electron chi connectivity index (χ2n) is 9.38. The summed E-state index contributed by atoms with van der Waals surface area (Å²) < 4.78 is 0. The summed E-state index contributed by atoms with van der Waals surface area (Å²) in [6.07, 6.45) is 3.29. The minimum absolute atomic E-state index is 0.00274. The van der Waals surface area contributed by atoms with E-state index in [1.807, 2.05) is 66.9 Å². The van der Waals surface area contributed by atoms with E-state index >= 15 is 0 Å². The molecule has 7 N–H and O–H groups in total. The van der Waals surface area contributed by atoms with Crippen LogP contribution >= 0.6 is 0 Å². The third kappa shape index (κ3) is 7.08. The van der Waals surface area contributed by atoms with Crippen LogP contribution < -0.4 is 21.7 Å². The zero-order valence-corrected chi connectivity index (χ0v) is 21.5. The standard InChI is InChI=1S/C30H34N6O2/c1-20(29(37)35-17-22-11-14-23(15-12-22)28(31)32)36-30(38)27(16-13-21-7-3-2-4-8-21)34-19-24-18-33-26-10-6-5-9-25(24)26/h2-12,14-15,18,20,27,33-34H,13,16-17,19H2,1H3,(H3,31,32)(H,35,37)(H,36,38)/t20-,27-/m0/s1. The number of aromatic amines is 1. The van der Waals surface area contributed by atoms with Gasteiger partial charge in [-0.2, -0.15) is 0 Å². The zero-order chi connectivity index (χ0) is 26.9. The fourth-order valence-electron chi connectivity index (χ4n) is 4.32. The lowest BCUT2D eigenvalue weighted by atomic mass is 10.0. The van der Waals surface area contributed by atoms with Gasteiger partial charge in [-0.15, -0.1) is 0 Å². The zero-order valence-electron chi connectivity index (χ0n) is 21.5. The van der Waals surface area contributed by atoms with E-state index in [1.54, 1.807) is 19.1 Å². The molecule has 4 rings (SSSR count). The highest BCUT2D eigenvalue weighted by molar-refractivity contribution is 5.95. The van der Waals surface area contributed by atoms with Gasteiger partial charge in [0.25, 0.3) is 0 Å². The van der Waals surface area contributed by atoms with E-state index in [4.69, 9.17) is 11.1 Å². The van der Waals surface area contributed by atoms with Crippen LogP contribution in [0.3, 0.4) is 0 Å². The van der Waals surface area contributed by atoms with Crippen LogP contribution in [-0.4, -0.2) is 34.7 Å². The van der Waals surface area contributed by atoms with Crippen LogP contribution in [0.1, 0.15) is 35.6 Å². The van der Waals surface area contributed by atoms with E-state index < -0.39 is 12.1 Å². The first-order chi connectivity index (χ1) is 18.4. The molecule has 196 valence electrons. The molecule has 0 spiro atoms. The molecule has 38 heavy (non-hydrogen) atoms. The van der Waals surface area contributed by atoms with Gasteiger partial charge in [-0.1, -0.05) is 72.8 Å². The Hall–Kier alpha value is -4.43. The lowest BCUT2D eigenvalue weighted by Gasteiger charge is -2.21. The maximum Gasteiger partial charge on any atom is 0.242 e. The van der Waals surface area contributed by atoms with E-state index in [0.717, 1.165) is 34.0 Å². The number of aromatic nitrogens is 1. The van der Waals surface area contributed by atoms with E-state index in [-0.39, 0.29) is 17.6 Å². The molecule has 0 saturated carbocycles. The van der Waals surface area contributed by atoms with Crippen molar-refractivity contribution in [1.29, 1.82) is 5.41 Å². The summed E-state index contributed by atoms with van der Waals surface area (Å²) >= 11 is 0. The number of para-hydroxylation sites is 1. The highest BCUT2D eigenvalue weighted by Crippen LogP contribution is 2.18. The molecule has 2 atom stereocenters. The number of rotatable bonds is 12. The van der Waals surface area contributed by atoms with Gasteiger partial charge in [0.2, 0.25) is 11.8 Å². The molecular formula is C30H34N6O2. The monoisotopic (exact) mass is 510 g/mol. The van der Waals surface area contributed by atoms with Crippen molar-refractivity contribution >= 4 is 28.6 Å². The van der Waals surface area contributed by atoms with Crippen LogP contribution in [0, 0.1) is 5.41 Å². The van der Waals surface area contributed by atoms with Crippen LogP contribution in [0.2, 0.25) is 0 Å². The molecule has 2 amide bonds. The van der Waals surface area contributed by atoms with Crippen molar-refractivity contribution in [1.82, 2.24) is 20.9 Å². The number of nitrogen functional groups attached to an aromatic ring is 1. The third-order valence-corrected chi connectivity index (χ3v) is 6.58. The first-order valence-corrected chi connectivity index (χ1v) is 12.7. The number of fused-ring (bicyclic) bond motifs is 1. The van der Waals surface area contributed by atoms with E-state index in [0.29, 0.717) is 25.1 Å². The second kappa shape index (κ2) is 12.7. The van der Waals surface area contributed by atoms with Gasteiger partial charge in [-0.05, 0) is 42.5 Å². The molecule has 1 heterocycles. The number of nitrogens with two attached hydrogens (primary N) is 1. The molecule has 0 aliphatic rings. The Bertz CT molecular complexity index is 1380. The smallest absolute Gasteiger partial charge is 0.242 e. The summed E-state index contributed by atoms with van der Waals surface area (Å²) in [4.78, 5) is 29.3. The van der Waals surface area contributed by atoms with Crippen molar-refractivity contribution in [3.63, 3.8) is 0 Å². The van der Waals surface area contributed by atoms with Gasteiger partial charge >= 0.3 is 0 Å². The molecule has 1 aromatic heterocycles. The van der Waals surface area contributed by atoms with Crippen LogP contribution in [0.4, 0.5) is 0 Å². The van der Waals surface area contributed by atoms with Gasteiger partial charge in [0.15, 0.2) is 0 Å². The van der Waals surface area contributed by atoms with Crippen molar-refractivity contribution in [3.05, 3.63) is 107 Å². The minimum Gasteiger partial charge on any atom is -0.384 e. The molecule has 8 nitrogen and oxygen atoms in total. The number of hydrogen-bond donors (Lipinski definition) is 6. The second-order valence-corrected chi connectivity index (χ2v) is 9.38. The molecule has 4 aromatic rings. The van der Waals surface area contributed by atoms with Crippen molar-refractivity contribution in [3.8, 4) is 0 Å². The van der Waals surface area contributed by atoms with Crippen LogP contribution in [0.25, 0.3) is 10.9 Å². The number of aryl methyl sites for hydroxylation is 1. The Labute approximate surface area is 222 Å². The Kier molecular flexibility index (Phi) is 8.89. The molecule has 0 unspecified atom stereocenters. The first-order valence-electron chi connectivity index (χ1n) is 12.7. The van der Waals surface area contributed by atoms with Crippen LogP contribution in [0.5, 0.6) is 0 Å². The number of nitrogens with one attached hydrogen (secondary N) is 5. The van der Waals surface area contributed by atoms with Crippen molar-refractivity contribution in [2.75, 3.05) is 0 Å². The van der Waals surface area contributed by atoms with Gasteiger partial charge in [-0.3, -0.25) is 15.0 Å². The SMILES string of the molecule is C[C@H](NC(=O)[C@H](CCc1ccccc1)NCc1c[nH]c2ccccc12)C(=O)NCc1ccc(C(=N)N)cc1. The van der Waals surface area contributed by atoms with Gasteiger partial charge in [-0.25, -0.2) is 0 Å². The fraction of sp³-hybridized carbons (Fsp3) is 0.233. The van der Waals surface area contributed by atoms with E-state index in [2.05, 4.69) is 27.0 Å². The first kappa shape index (κ1) is 26.6. The topological polar surface area (TPSA) is 136 Å². The van der Waals surface area contributed by atoms with Crippen molar-refractivity contribution < 1.29 is 9.59 Å². The Morgan fingerprint density at radius 2 is 1.61 bits per heavy atom.